The highest BCUT2D eigenvalue weighted by molar-refractivity contribution is 6.12. The molecular formula is C20H32N2O8. The first-order valence-corrected chi connectivity index (χ1v) is 10.2. The Morgan fingerprint density at radius 3 is 1.93 bits per heavy atom. The normalized spacial score (nSPS) is 13.3. The zero-order chi connectivity index (χ0) is 21.9. The van der Waals surface area contributed by atoms with E-state index in [1.807, 2.05) is 0 Å². The van der Waals surface area contributed by atoms with Crippen molar-refractivity contribution in [1.82, 2.24) is 10.2 Å². The lowest BCUT2D eigenvalue weighted by Crippen LogP contribution is -2.32. The van der Waals surface area contributed by atoms with Crippen molar-refractivity contribution in [2.24, 2.45) is 0 Å². The van der Waals surface area contributed by atoms with Gasteiger partial charge in [0.15, 0.2) is 0 Å². The van der Waals surface area contributed by atoms with Crippen molar-refractivity contribution in [1.29, 1.82) is 0 Å². The van der Waals surface area contributed by atoms with E-state index in [1.54, 1.807) is 0 Å². The molecule has 0 aromatic rings. The largest absolute Gasteiger partial charge is 0.379 e. The van der Waals surface area contributed by atoms with Crippen LogP contribution < -0.4 is 5.32 Å². The summed E-state index contributed by atoms with van der Waals surface area (Å²) in [5, 5.41) is 2.72. The smallest absolute Gasteiger partial charge is 0.253 e. The number of nitrogens with zero attached hydrogens (tertiary/aromatic N) is 1. The van der Waals surface area contributed by atoms with Crippen LogP contribution in [0.1, 0.15) is 25.7 Å². The summed E-state index contributed by atoms with van der Waals surface area (Å²) >= 11 is 0. The zero-order valence-electron chi connectivity index (χ0n) is 17.3. The Balaban J connectivity index is 1.78. The number of hydrogen-bond donors (Lipinski definition) is 1. The van der Waals surface area contributed by atoms with E-state index in [9.17, 15) is 19.2 Å². The number of unbranched alkanes of at least 4 members (excludes halogenated alkanes) is 1. The first kappa shape index (κ1) is 25.9. The molecule has 0 aromatic heterocycles. The van der Waals surface area contributed by atoms with Gasteiger partial charge in [0.05, 0.1) is 46.2 Å². The average molecular weight is 428 g/mol. The Bertz CT molecular complexity index is 535. The molecule has 0 saturated carbocycles. The van der Waals surface area contributed by atoms with Crippen molar-refractivity contribution in [3.63, 3.8) is 0 Å². The molecule has 10 heteroatoms. The minimum absolute atomic E-state index is 0.147. The molecule has 170 valence electrons. The van der Waals surface area contributed by atoms with E-state index in [0.29, 0.717) is 72.2 Å². The molecule has 10 nitrogen and oxygen atoms in total. The second kappa shape index (κ2) is 17.7. The lowest BCUT2D eigenvalue weighted by molar-refractivity contribution is -0.137. The van der Waals surface area contributed by atoms with Gasteiger partial charge in [0, 0.05) is 44.7 Å². The van der Waals surface area contributed by atoms with Gasteiger partial charge in [-0.15, -0.1) is 0 Å². The van der Waals surface area contributed by atoms with E-state index >= 15 is 0 Å². The van der Waals surface area contributed by atoms with Crippen LogP contribution in [0.2, 0.25) is 0 Å². The predicted octanol–water partition coefficient (Wildman–Crippen LogP) is -0.147. The Hall–Kier alpha value is -2.14. The number of carbonyl (C=O) groups is 4. The van der Waals surface area contributed by atoms with Crippen molar-refractivity contribution in [2.75, 3.05) is 65.9 Å². The van der Waals surface area contributed by atoms with Crippen LogP contribution >= 0.6 is 0 Å². The Kier molecular flexibility index (Phi) is 15.3. The lowest BCUT2D eigenvalue weighted by Gasteiger charge is -2.13. The van der Waals surface area contributed by atoms with E-state index in [0.717, 1.165) is 17.6 Å². The van der Waals surface area contributed by atoms with E-state index < -0.39 is 0 Å². The quantitative estimate of drug-likeness (QED) is 0.162. The number of imide groups is 1. The highest BCUT2D eigenvalue weighted by Gasteiger charge is 2.22. The third-order valence-electron chi connectivity index (χ3n) is 3.98. The van der Waals surface area contributed by atoms with Gasteiger partial charge in [-0.1, -0.05) is 0 Å². The molecule has 0 atom stereocenters. The summed E-state index contributed by atoms with van der Waals surface area (Å²) in [6.07, 6.45) is 5.25. The zero-order valence-corrected chi connectivity index (χ0v) is 17.3. The van der Waals surface area contributed by atoms with Gasteiger partial charge in [-0.3, -0.25) is 19.3 Å². The molecule has 0 bridgehead atoms. The first-order valence-electron chi connectivity index (χ1n) is 10.2. The molecule has 0 aromatic carbocycles. The highest BCUT2D eigenvalue weighted by Crippen LogP contribution is 2.05. The van der Waals surface area contributed by atoms with Crippen LogP contribution in [-0.2, 0) is 38.1 Å². The van der Waals surface area contributed by atoms with E-state index in [2.05, 4.69) is 5.32 Å². The molecule has 3 amide bonds. The summed E-state index contributed by atoms with van der Waals surface area (Å²) in [5.74, 6) is -0.815. The maximum Gasteiger partial charge on any atom is 0.253 e. The molecule has 0 aliphatic carbocycles. The van der Waals surface area contributed by atoms with Crippen LogP contribution in [0.15, 0.2) is 12.2 Å². The van der Waals surface area contributed by atoms with Crippen LogP contribution in [0.25, 0.3) is 0 Å². The topological polar surface area (TPSA) is 120 Å². The minimum atomic E-state index is -0.334. The maximum atomic E-state index is 11.7. The van der Waals surface area contributed by atoms with E-state index in [4.69, 9.17) is 18.9 Å². The Morgan fingerprint density at radius 2 is 1.37 bits per heavy atom. The van der Waals surface area contributed by atoms with Gasteiger partial charge in [0.2, 0.25) is 5.91 Å². The van der Waals surface area contributed by atoms with Gasteiger partial charge in [-0.2, -0.15) is 0 Å². The number of amides is 3. The molecule has 1 N–H and O–H groups in total. The van der Waals surface area contributed by atoms with Gasteiger partial charge >= 0.3 is 0 Å². The minimum Gasteiger partial charge on any atom is -0.379 e. The van der Waals surface area contributed by atoms with Crippen LogP contribution in [0.3, 0.4) is 0 Å². The monoisotopic (exact) mass is 428 g/mol. The van der Waals surface area contributed by atoms with Gasteiger partial charge in [-0.25, -0.2) is 0 Å². The summed E-state index contributed by atoms with van der Waals surface area (Å²) < 4.78 is 21.3. The number of aldehydes is 1. The van der Waals surface area contributed by atoms with Crippen LogP contribution in [0.5, 0.6) is 0 Å². The summed E-state index contributed by atoms with van der Waals surface area (Å²) in [7, 11) is 0. The second-order valence-electron chi connectivity index (χ2n) is 6.37. The van der Waals surface area contributed by atoms with Crippen molar-refractivity contribution in [3.05, 3.63) is 12.2 Å². The van der Waals surface area contributed by atoms with Crippen LogP contribution in [0.4, 0.5) is 0 Å². The van der Waals surface area contributed by atoms with Crippen molar-refractivity contribution in [3.8, 4) is 0 Å². The standard InChI is InChI=1S/C20H32N2O8/c23-9-1-2-10-27-12-14-29-16-17-30-15-13-28-11-7-21-18(24)4-3-8-22-19(25)5-6-20(22)26/h5-6,9H,1-4,7-8,10-17H2,(H,21,24). The van der Waals surface area contributed by atoms with Crippen LogP contribution in [0, 0.1) is 0 Å². The number of ether oxygens (including phenoxy) is 4. The van der Waals surface area contributed by atoms with Gasteiger partial charge in [0.1, 0.15) is 6.29 Å². The molecule has 0 fully saturated rings. The molecule has 0 spiro atoms. The lowest BCUT2D eigenvalue weighted by atomic mass is 10.3. The Morgan fingerprint density at radius 1 is 0.833 bits per heavy atom. The van der Waals surface area contributed by atoms with Crippen molar-refractivity contribution < 1.29 is 38.1 Å². The fraction of sp³-hybridized carbons (Fsp3) is 0.700. The number of rotatable bonds is 20. The summed E-state index contributed by atoms with van der Waals surface area (Å²) in [6, 6.07) is 0. The summed E-state index contributed by atoms with van der Waals surface area (Å²) in [6.45, 7) is 4.34. The molecule has 30 heavy (non-hydrogen) atoms. The molecule has 1 aliphatic rings. The fourth-order valence-corrected chi connectivity index (χ4v) is 2.43. The number of carbonyl (C=O) groups excluding carboxylic acids is 4. The third-order valence-corrected chi connectivity index (χ3v) is 3.98. The third kappa shape index (κ3) is 13.2. The summed E-state index contributed by atoms with van der Waals surface area (Å²) in [5.41, 5.74) is 0. The predicted molar refractivity (Wildman–Crippen MR) is 107 cm³/mol. The summed E-state index contributed by atoms with van der Waals surface area (Å²) in [4.78, 5) is 45.7. The molecule has 0 saturated heterocycles. The van der Waals surface area contributed by atoms with Gasteiger partial charge in [0.25, 0.3) is 11.8 Å². The first-order chi connectivity index (χ1) is 14.6. The molecule has 1 rings (SSSR count). The molecule has 0 unspecified atom stereocenters. The van der Waals surface area contributed by atoms with E-state index in [1.165, 1.54) is 12.2 Å². The van der Waals surface area contributed by atoms with Crippen molar-refractivity contribution >= 4 is 24.0 Å². The fourth-order valence-electron chi connectivity index (χ4n) is 2.43. The van der Waals surface area contributed by atoms with E-state index in [-0.39, 0.29) is 30.7 Å². The molecular weight excluding hydrogens is 396 g/mol. The van der Waals surface area contributed by atoms with Crippen LogP contribution in [-0.4, -0.2) is 94.9 Å². The molecule has 0 radical (unpaired) electrons. The second-order valence-corrected chi connectivity index (χ2v) is 6.37. The highest BCUT2D eigenvalue weighted by atomic mass is 16.6. The maximum absolute atomic E-state index is 11.7. The van der Waals surface area contributed by atoms with Gasteiger partial charge in [-0.05, 0) is 12.8 Å². The SMILES string of the molecule is O=CCCCOCCOCCOCCOCCNC(=O)CCCN1C(=O)C=CC1=O. The Labute approximate surface area is 176 Å². The van der Waals surface area contributed by atoms with Crippen molar-refractivity contribution in [2.45, 2.75) is 25.7 Å². The average Bonchev–Trinajstić information content (AvgIpc) is 3.05. The van der Waals surface area contributed by atoms with Gasteiger partial charge < -0.3 is 29.1 Å². The number of hydrogen-bond acceptors (Lipinski definition) is 8. The number of nitrogens with one attached hydrogen (secondary N) is 1. The molecule has 1 heterocycles. The molecule has 1 aliphatic heterocycles.